The molecule has 5 N–H and O–H groups in total. The Hall–Kier alpha value is -3.12. The Labute approximate surface area is 180 Å². The van der Waals surface area contributed by atoms with Crippen molar-refractivity contribution in [2.24, 2.45) is 5.73 Å². The maximum atomic E-state index is 12.9. The van der Waals surface area contributed by atoms with E-state index >= 15 is 0 Å². The van der Waals surface area contributed by atoms with E-state index in [1.807, 2.05) is 48.5 Å². The third-order valence-electron chi connectivity index (χ3n) is 4.91. The lowest BCUT2D eigenvalue weighted by Crippen LogP contribution is -2.21. The van der Waals surface area contributed by atoms with Crippen molar-refractivity contribution in [2.45, 2.75) is 6.54 Å². The molecular weight excluding hydrogens is 396 g/mol. The van der Waals surface area contributed by atoms with Crippen LogP contribution in [-0.4, -0.2) is 19.0 Å². The number of benzene rings is 3. The molecule has 5 nitrogen and oxygen atoms in total. The van der Waals surface area contributed by atoms with Crippen molar-refractivity contribution in [2.75, 3.05) is 23.7 Å². The number of nitrogens with two attached hydrogens (primary N) is 1. The average molecular weight is 419 g/mol. The summed E-state index contributed by atoms with van der Waals surface area (Å²) in [6.07, 6.45) is 0. The monoisotopic (exact) mass is 418 g/mol. The van der Waals surface area contributed by atoms with Gasteiger partial charge >= 0.3 is 0 Å². The van der Waals surface area contributed by atoms with Crippen molar-refractivity contribution < 1.29 is 4.79 Å². The number of nitrogens with one attached hydrogen (secondary N) is 3. The number of hydrogen-bond donors (Lipinski definition) is 4. The van der Waals surface area contributed by atoms with Crippen LogP contribution < -0.4 is 21.7 Å². The highest BCUT2D eigenvalue weighted by molar-refractivity contribution is 6.38. The summed E-state index contributed by atoms with van der Waals surface area (Å²) in [5.41, 5.74) is 11.4. The molecule has 0 bridgehead atoms. The number of carbonyl (C=O) groups excluding carboxylic acids is 1. The predicted octanol–water partition coefficient (Wildman–Crippen LogP) is 4.32. The molecule has 1 aliphatic heterocycles. The van der Waals surface area contributed by atoms with Gasteiger partial charge in [-0.1, -0.05) is 60.1 Å². The lowest BCUT2D eigenvalue weighted by atomic mass is 10.00. The molecule has 152 valence electrons. The van der Waals surface area contributed by atoms with Crippen LogP contribution in [0, 0.1) is 0 Å². The molecule has 30 heavy (non-hydrogen) atoms. The fourth-order valence-electron chi connectivity index (χ4n) is 3.46. The van der Waals surface area contributed by atoms with Gasteiger partial charge in [-0.05, 0) is 35.4 Å². The van der Waals surface area contributed by atoms with Gasteiger partial charge < -0.3 is 21.7 Å². The zero-order valence-electron chi connectivity index (χ0n) is 16.4. The van der Waals surface area contributed by atoms with Crippen molar-refractivity contribution >= 4 is 40.2 Å². The van der Waals surface area contributed by atoms with Crippen molar-refractivity contribution in [3.63, 3.8) is 0 Å². The first-order valence-electron chi connectivity index (χ1n) is 9.83. The van der Waals surface area contributed by atoms with Gasteiger partial charge in [0, 0.05) is 35.9 Å². The summed E-state index contributed by atoms with van der Waals surface area (Å²) in [6.45, 7) is 2.16. The summed E-state index contributed by atoms with van der Waals surface area (Å²) in [6, 6.07) is 23.4. The smallest absolute Gasteiger partial charge is 0.258 e. The molecule has 4 rings (SSSR count). The molecule has 1 amide bonds. The average Bonchev–Trinajstić information content (AvgIpc) is 3.08. The molecule has 0 unspecified atom stereocenters. The van der Waals surface area contributed by atoms with Gasteiger partial charge in [0.2, 0.25) is 0 Å². The summed E-state index contributed by atoms with van der Waals surface area (Å²) in [4.78, 5) is 12.9. The van der Waals surface area contributed by atoms with Crippen LogP contribution in [0.15, 0.2) is 72.8 Å². The zero-order valence-corrected chi connectivity index (χ0v) is 17.2. The van der Waals surface area contributed by atoms with Gasteiger partial charge in [0.05, 0.1) is 17.0 Å². The maximum Gasteiger partial charge on any atom is 0.258 e. The predicted molar refractivity (Wildman–Crippen MR) is 124 cm³/mol. The molecule has 0 atom stereocenters. The van der Waals surface area contributed by atoms with Gasteiger partial charge in [-0.2, -0.15) is 0 Å². The minimum Gasteiger partial charge on any atom is -0.354 e. The Morgan fingerprint density at radius 3 is 2.50 bits per heavy atom. The van der Waals surface area contributed by atoms with Crippen molar-refractivity contribution in [1.82, 2.24) is 5.32 Å². The van der Waals surface area contributed by atoms with Crippen LogP contribution >= 0.6 is 11.6 Å². The molecular formula is C24H23ClN4O. The highest BCUT2D eigenvalue weighted by atomic mass is 35.5. The van der Waals surface area contributed by atoms with Gasteiger partial charge in [0.25, 0.3) is 5.91 Å². The van der Waals surface area contributed by atoms with Crippen LogP contribution in [0.25, 0.3) is 11.3 Å². The Morgan fingerprint density at radius 2 is 1.77 bits per heavy atom. The lowest BCUT2D eigenvalue weighted by Gasteiger charge is -2.15. The number of anilines is 2. The Morgan fingerprint density at radius 1 is 1.00 bits per heavy atom. The summed E-state index contributed by atoms with van der Waals surface area (Å²) >= 11 is 6.11. The molecule has 1 aliphatic rings. The number of fused-ring (bicyclic) bond motifs is 1. The van der Waals surface area contributed by atoms with Crippen LogP contribution in [0.5, 0.6) is 0 Å². The van der Waals surface area contributed by atoms with Crippen LogP contribution in [-0.2, 0) is 11.3 Å². The standard InChI is InChI=1S/C24H23ClN4O/c25-18-8-11-20-21(14-18)29-24(30)22(20)23(17-4-2-1-3-5-17)28-19-9-6-16(7-10-19)15-27-13-12-26/h1-11,14,27-28H,12-13,15,26H2,(H,29,30)/b23-22-. The van der Waals surface area contributed by atoms with E-state index in [1.54, 1.807) is 12.1 Å². The van der Waals surface area contributed by atoms with E-state index in [1.165, 1.54) is 5.56 Å². The maximum absolute atomic E-state index is 12.9. The second-order valence-electron chi connectivity index (χ2n) is 7.05. The summed E-state index contributed by atoms with van der Waals surface area (Å²) < 4.78 is 0. The van der Waals surface area contributed by atoms with Crippen molar-refractivity contribution in [1.29, 1.82) is 0 Å². The SMILES string of the molecule is NCCNCc1ccc(N/C(=C2\C(=O)Nc3cc(Cl)ccc32)c2ccccc2)cc1. The third kappa shape index (κ3) is 4.39. The van der Waals surface area contributed by atoms with Crippen molar-refractivity contribution in [3.8, 4) is 0 Å². The Balaban J connectivity index is 1.71. The van der Waals surface area contributed by atoms with E-state index in [-0.39, 0.29) is 5.91 Å². The van der Waals surface area contributed by atoms with Crippen LogP contribution in [0.3, 0.4) is 0 Å². The first-order chi connectivity index (χ1) is 14.7. The van der Waals surface area contributed by atoms with Crippen LogP contribution in [0.2, 0.25) is 5.02 Å². The van der Waals surface area contributed by atoms with Gasteiger partial charge in [0.1, 0.15) is 0 Å². The first kappa shape index (κ1) is 20.2. The highest BCUT2D eigenvalue weighted by Crippen LogP contribution is 2.38. The fourth-order valence-corrected chi connectivity index (χ4v) is 3.63. The lowest BCUT2D eigenvalue weighted by molar-refractivity contribution is -0.110. The molecule has 0 spiro atoms. The van der Waals surface area contributed by atoms with Gasteiger partial charge in [-0.15, -0.1) is 0 Å². The number of rotatable bonds is 7. The zero-order chi connectivity index (χ0) is 20.9. The van der Waals surface area contributed by atoms with Crippen LogP contribution in [0.4, 0.5) is 11.4 Å². The van der Waals surface area contributed by atoms with Gasteiger partial charge in [0.15, 0.2) is 0 Å². The molecule has 1 heterocycles. The van der Waals surface area contributed by atoms with E-state index in [2.05, 4.69) is 28.1 Å². The van der Waals surface area contributed by atoms with E-state index in [0.29, 0.717) is 17.1 Å². The third-order valence-corrected chi connectivity index (χ3v) is 5.15. The number of halogens is 1. The Bertz CT molecular complexity index is 1080. The normalized spacial score (nSPS) is 14.3. The van der Waals surface area contributed by atoms with Crippen LogP contribution in [0.1, 0.15) is 16.7 Å². The molecule has 3 aromatic carbocycles. The fraction of sp³-hybridized carbons (Fsp3) is 0.125. The largest absolute Gasteiger partial charge is 0.354 e. The topological polar surface area (TPSA) is 79.2 Å². The number of carbonyl (C=O) groups is 1. The molecule has 0 radical (unpaired) electrons. The Kier molecular flexibility index (Phi) is 6.14. The van der Waals surface area contributed by atoms with E-state index in [0.717, 1.165) is 41.3 Å². The molecule has 0 fully saturated rings. The molecule has 6 heteroatoms. The second-order valence-corrected chi connectivity index (χ2v) is 7.48. The number of hydrogen-bond acceptors (Lipinski definition) is 4. The summed E-state index contributed by atoms with van der Waals surface area (Å²) in [5.74, 6) is -0.152. The second kappa shape index (κ2) is 9.13. The molecule has 0 saturated carbocycles. The first-order valence-corrected chi connectivity index (χ1v) is 10.2. The van der Waals surface area contributed by atoms with E-state index in [4.69, 9.17) is 17.3 Å². The molecule has 0 saturated heterocycles. The minimum absolute atomic E-state index is 0.152. The molecule has 0 aromatic heterocycles. The molecule has 3 aromatic rings. The highest BCUT2D eigenvalue weighted by Gasteiger charge is 2.28. The quantitative estimate of drug-likeness (QED) is 0.340. The summed E-state index contributed by atoms with van der Waals surface area (Å²) in [7, 11) is 0. The van der Waals surface area contributed by atoms with E-state index < -0.39 is 0 Å². The van der Waals surface area contributed by atoms with Gasteiger partial charge in [-0.25, -0.2) is 0 Å². The summed E-state index contributed by atoms with van der Waals surface area (Å²) in [5, 5.41) is 10.3. The van der Waals surface area contributed by atoms with Gasteiger partial charge in [-0.3, -0.25) is 4.79 Å². The number of amides is 1. The molecule has 0 aliphatic carbocycles. The van der Waals surface area contributed by atoms with E-state index in [9.17, 15) is 4.79 Å². The minimum atomic E-state index is -0.152. The van der Waals surface area contributed by atoms with Crippen molar-refractivity contribution in [3.05, 3.63) is 94.5 Å².